The number of fused-ring (bicyclic) bond motifs is 3. The van der Waals surface area contributed by atoms with Gasteiger partial charge in [0.15, 0.2) is 11.4 Å². The Hall–Kier alpha value is -4.39. The molecule has 0 radical (unpaired) electrons. The molecule has 2 aromatic rings. The Morgan fingerprint density at radius 3 is 2.24 bits per heavy atom. The smallest absolute Gasteiger partial charge is 0.270 e. The first-order valence-corrected chi connectivity index (χ1v) is 12.9. The number of aromatic hydroxyl groups is 1. The van der Waals surface area contributed by atoms with Crippen LogP contribution in [0.1, 0.15) is 29.2 Å². The number of aliphatic hydroxyl groups excluding tert-OH is 3. The molecule has 5 rings (SSSR count). The van der Waals surface area contributed by atoms with Crippen LogP contribution in [-0.2, 0) is 20.3 Å². The quantitative estimate of drug-likeness (QED) is 0.294. The average Bonchev–Trinajstić information content (AvgIpc) is 2.89. The Morgan fingerprint density at radius 1 is 1.07 bits per heavy atom. The Kier molecular flexibility index (Phi) is 6.64. The molecule has 7 N–H and O–H groups in total. The molecule has 5 atom stereocenters. The van der Waals surface area contributed by atoms with E-state index in [-0.39, 0.29) is 22.3 Å². The second-order valence-electron chi connectivity index (χ2n) is 11.0. The SMILES string of the molecule is CN(C)[C@@H]1C(=O)C(C(N)=O)=C(O)[C@]2(O)C(=O)C3=C(O)c4c(O)cccc4/C(=C\c4ccc(C(C)(F)F)cc4)C3[C@H](O)[C@@H]12. The molecule has 3 aliphatic carbocycles. The first-order valence-electron chi connectivity index (χ1n) is 12.9. The highest BCUT2D eigenvalue weighted by Gasteiger charge is 2.68. The number of aliphatic hydroxyl groups is 4. The number of likely N-dealkylation sites (N-methyl/N-ethyl adjacent to an activating group) is 1. The zero-order valence-corrected chi connectivity index (χ0v) is 22.7. The second-order valence-corrected chi connectivity index (χ2v) is 11.0. The fraction of sp³-hybridized carbons (Fsp3) is 0.300. The van der Waals surface area contributed by atoms with Gasteiger partial charge in [-0.15, -0.1) is 0 Å². The van der Waals surface area contributed by atoms with Gasteiger partial charge in [0.1, 0.15) is 22.8 Å². The normalized spacial score (nSPS) is 28.6. The van der Waals surface area contributed by atoms with E-state index in [0.29, 0.717) is 5.56 Å². The first-order chi connectivity index (χ1) is 19.5. The highest BCUT2D eigenvalue weighted by Crippen LogP contribution is 2.56. The van der Waals surface area contributed by atoms with Crippen LogP contribution in [0.5, 0.6) is 5.75 Å². The summed E-state index contributed by atoms with van der Waals surface area (Å²) in [5.41, 5.74) is 0.868. The molecule has 3 aliphatic rings. The minimum Gasteiger partial charge on any atom is -0.508 e. The third kappa shape index (κ3) is 3.97. The molecule has 10 nitrogen and oxygen atoms in total. The summed E-state index contributed by atoms with van der Waals surface area (Å²) in [5, 5.41) is 56.7. The van der Waals surface area contributed by atoms with Crippen LogP contribution in [0.4, 0.5) is 8.78 Å². The van der Waals surface area contributed by atoms with Crippen molar-refractivity contribution in [1.82, 2.24) is 4.90 Å². The lowest BCUT2D eigenvalue weighted by atomic mass is 9.55. The van der Waals surface area contributed by atoms with Crippen LogP contribution in [-0.4, -0.2) is 79.7 Å². The summed E-state index contributed by atoms with van der Waals surface area (Å²) in [6.07, 6.45) is -0.382. The maximum Gasteiger partial charge on any atom is 0.270 e. The molecule has 1 fully saturated rings. The van der Waals surface area contributed by atoms with Crippen molar-refractivity contribution in [3.8, 4) is 5.75 Å². The van der Waals surface area contributed by atoms with Crippen LogP contribution >= 0.6 is 0 Å². The first kappa shape index (κ1) is 29.1. The number of Topliss-reactive ketones (excluding diaryl/α,β-unsaturated/α-hetero) is 2. The van der Waals surface area contributed by atoms with E-state index in [1.54, 1.807) is 0 Å². The van der Waals surface area contributed by atoms with E-state index in [4.69, 9.17) is 5.73 Å². The van der Waals surface area contributed by atoms with Crippen molar-refractivity contribution in [2.75, 3.05) is 14.1 Å². The second kappa shape index (κ2) is 9.58. The Labute approximate surface area is 238 Å². The number of rotatable bonds is 4. The number of benzene rings is 2. The number of carbonyl (C=O) groups is 3. The number of primary amides is 1. The minimum atomic E-state index is -3.11. The van der Waals surface area contributed by atoms with Crippen LogP contribution in [0, 0.1) is 11.8 Å². The monoisotopic (exact) mass is 582 g/mol. The van der Waals surface area contributed by atoms with Gasteiger partial charge in [-0.05, 0) is 36.9 Å². The van der Waals surface area contributed by atoms with Gasteiger partial charge in [0.25, 0.3) is 11.8 Å². The summed E-state index contributed by atoms with van der Waals surface area (Å²) in [5.74, 6) is -12.7. The van der Waals surface area contributed by atoms with Crippen molar-refractivity contribution in [3.05, 3.63) is 81.6 Å². The standard InChI is InChI=1S/C30H28F2N2O8/c1-29(31,32)13-9-7-12(8-10-13)11-15-14-5-4-6-16(35)17(14)23(36)19-18(15)24(37)21-22(34(2)3)25(38)20(28(33)41)27(40)30(21,42)26(19)39/h4-11,18,21-22,24,35-37,40,42H,1-3H3,(H2,33,41)/b15-11+/t18?,21-,22+,24+,30-/m1/s1. The van der Waals surface area contributed by atoms with Crippen molar-refractivity contribution in [2.45, 2.75) is 30.6 Å². The molecule has 1 amide bonds. The highest BCUT2D eigenvalue weighted by atomic mass is 19.3. The summed E-state index contributed by atoms with van der Waals surface area (Å²) in [7, 11) is 2.81. The summed E-state index contributed by atoms with van der Waals surface area (Å²) >= 11 is 0. The zero-order chi connectivity index (χ0) is 31.0. The number of halogens is 2. The van der Waals surface area contributed by atoms with Crippen molar-refractivity contribution >= 4 is 34.9 Å². The molecule has 2 aromatic carbocycles. The number of phenolic OH excluding ortho intramolecular Hbond substituents is 1. The van der Waals surface area contributed by atoms with E-state index >= 15 is 0 Å². The molecule has 42 heavy (non-hydrogen) atoms. The van der Waals surface area contributed by atoms with E-state index in [1.807, 2.05) is 0 Å². The lowest BCUT2D eigenvalue weighted by Crippen LogP contribution is -2.70. The molecule has 220 valence electrons. The van der Waals surface area contributed by atoms with Gasteiger partial charge >= 0.3 is 0 Å². The van der Waals surface area contributed by atoms with E-state index in [2.05, 4.69) is 0 Å². The predicted molar refractivity (Wildman–Crippen MR) is 146 cm³/mol. The van der Waals surface area contributed by atoms with Gasteiger partial charge in [0.05, 0.1) is 29.2 Å². The number of hydrogen-bond acceptors (Lipinski definition) is 9. The number of hydrogen-bond donors (Lipinski definition) is 6. The summed E-state index contributed by atoms with van der Waals surface area (Å²) < 4.78 is 27.7. The number of carbonyl (C=O) groups excluding carboxylic acids is 3. The fourth-order valence-corrected chi connectivity index (χ4v) is 6.36. The molecular formula is C30H28F2N2O8. The summed E-state index contributed by atoms with van der Waals surface area (Å²) in [6, 6.07) is 7.83. The lowest BCUT2D eigenvalue weighted by Gasteiger charge is -2.53. The van der Waals surface area contributed by atoms with Gasteiger partial charge in [0, 0.05) is 18.4 Å². The Balaban J connectivity index is 1.81. The van der Waals surface area contributed by atoms with Crippen LogP contribution < -0.4 is 5.73 Å². The van der Waals surface area contributed by atoms with Crippen LogP contribution in [0.25, 0.3) is 17.4 Å². The predicted octanol–water partition coefficient (Wildman–Crippen LogP) is 2.04. The summed E-state index contributed by atoms with van der Waals surface area (Å²) in [6.45, 7) is 0.742. The van der Waals surface area contributed by atoms with Gasteiger partial charge in [-0.1, -0.05) is 42.5 Å². The van der Waals surface area contributed by atoms with Gasteiger partial charge in [0.2, 0.25) is 5.78 Å². The molecule has 0 heterocycles. The maximum absolute atomic E-state index is 14.2. The molecule has 0 aliphatic heterocycles. The van der Waals surface area contributed by atoms with Crippen molar-refractivity contribution in [3.63, 3.8) is 0 Å². The Morgan fingerprint density at radius 2 is 1.69 bits per heavy atom. The van der Waals surface area contributed by atoms with Crippen LogP contribution in [0.2, 0.25) is 0 Å². The van der Waals surface area contributed by atoms with Crippen LogP contribution in [0.15, 0.2) is 59.4 Å². The van der Waals surface area contributed by atoms with Crippen molar-refractivity contribution in [2.24, 2.45) is 17.6 Å². The third-order valence-corrected chi connectivity index (χ3v) is 8.27. The van der Waals surface area contributed by atoms with Gasteiger partial charge in [-0.2, -0.15) is 0 Å². The number of nitrogens with two attached hydrogens (primary N) is 1. The van der Waals surface area contributed by atoms with Gasteiger partial charge < -0.3 is 31.3 Å². The number of ketones is 2. The van der Waals surface area contributed by atoms with Crippen molar-refractivity contribution < 1.29 is 48.7 Å². The number of nitrogens with zero attached hydrogens (tertiary/aromatic N) is 1. The molecule has 0 saturated heterocycles. The van der Waals surface area contributed by atoms with Gasteiger partial charge in [-0.25, -0.2) is 8.78 Å². The molecule has 0 aromatic heterocycles. The minimum absolute atomic E-state index is 0.154. The van der Waals surface area contributed by atoms with Crippen LogP contribution in [0.3, 0.4) is 0 Å². The average molecular weight is 583 g/mol. The summed E-state index contributed by atoms with van der Waals surface area (Å²) in [4.78, 5) is 40.9. The highest BCUT2D eigenvalue weighted by molar-refractivity contribution is 6.25. The largest absolute Gasteiger partial charge is 0.508 e. The molecule has 1 unspecified atom stereocenters. The third-order valence-electron chi connectivity index (χ3n) is 8.27. The Bertz CT molecular complexity index is 1640. The fourth-order valence-electron chi connectivity index (χ4n) is 6.36. The molecule has 0 bridgehead atoms. The number of alkyl halides is 2. The zero-order valence-electron chi connectivity index (χ0n) is 22.7. The van der Waals surface area contributed by atoms with E-state index in [1.165, 1.54) is 67.5 Å². The van der Waals surface area contributed by atoms with E-state index < -0.39 is 81.4 Å². The molecular weight excluding hydrogens is 554 g/mol. The maximum atomic E-state index is 14.2. The number of amides is 1. The molecule has 1 saturated carbocycles. The molecule has 0 spiro atoms. The van der Waals surface area contributed by atoms with E-state index in [0.717, 1.165) is 6.92 Å². The lowest BCUT2D eigenvalue weighted by molar-refractivity contribution is -0.166. The van der Waals surface area contributed by atoms with Gasteiger partial charge in [-0.3, -0.25) is 19.3 Å². The number of phenols is 1. The van der Waals surface area contributed by atoms with E-state index in [9.17, 15) is 48.7 Å². The molecule has 12 heteroatoms. The van der Waals surface area contributed by atoms with Crippen molar-refractivity contribution in [1.29, 1.82) is 0 Å². The topological polar surface area (TPSA) is 182 Å².